The third kappa shape index (κ3) is 7.80. The van der Waals surface area contributed by atoms with Crippen LogP contribution >= 0.6 is 0 Å². The van der Waals surface area contributed by atoms with Gasteiger partial charge in [0.15, 0.2) is 17.3 Å². The minimum Gasteiger partial charge on any atom is -0.493 e. The lowest BCUT2D eigenvalue weighted by molar-refractivity contribution is -0.274. The van der Waals surface area contributed by atoms with E-state index in [0.29, 0.717) is 17.3 Å². The van der Waals surface area contributed by atoms with Gasteiger partial charge in [-0.05, 0) is 48.5 Å². The van der Waals surface area contributed by atoms with Crippen molar-refractivity contribution in [2.45, 2.75) is 12.4 Å². The first-order valence-electron chi connectivity index (χ1n) is 11.8. The number of hydrogen-bond acceptors (Lipinski definition) is 10. The van der Waals surface area contributed by atoms with Crippen molar-refractivity contribution < 1.29 is 47.1 Å². The summed E-state index contributed by atoms with van der Waals surface area (Å²) in [6, 6.07) is 10.2. The molecule has 1 amide bonds. The van der Waals surface area contributed by atoms with Crippen molar-refractivity contribution in [1.82, 2.24) is 4.98 Å². The van der Waals surface area contributed by atoms with Crippen LogP contribution in [0, 0.1) is 0 Å². The number of carbonyl (C=O) groups excluding carboxylic acids is 1. The Morgan fingerprint density at radius 3 is 2.05 bits per heavy atom. The van der Waals surface area contributed by atoms with Gasteiger partial charge >= 0.3 is 6.36 Å². The largest absolute Gasteiger partial charge is 0.573 e. The lowest BCUT2D eigenvalue weighted by Crippen LogP contribution is -2.28. The van der Waals surface area contributed by atoms with Crippen molar-refractivity contribution in [2.24, 2.45) is 0 Å². The molecule has 0 atom stereocenters. The highest BCUT2D eigenvalue weighted by Crippen LogP contribution is 2.42. The van der Waals surface area contributed by atoms with E-state index < -0.39 is 24.1 Å². The monoisotopic (exact) mass is 566 g/mol. The third-order valence-corrected chi connectivity index (χ3v) is 5.34. The molecule has 0 aliphatic heterocycles. The van der Waals surface area contributed by atoms with E-state index in [1.807, 2.05) is 0 Å². The van der Waals surface area contributed by atoms with E-state index in [2.05, 4.69) is 20.4 Å². The van der Waals surface area contributed by atoms with E-state index in [-0.39, 0.29) is 41.8 Å². The van der Waals surface area contributed by atoms with Crippen LogP contribution in [0.1, 0.15) is 10.4 Å². The van der Waals surface area contributed by atoms with Gasteiger partial charge in [0.25, 0.3) is 5.91 Å². The summed E-state index contributed by atoms with van der Waals surface area (Å²) in [5, 5.41) is 24.3. The average molecular weight is 567 g/mol. The average Bonchev–Trinajstić information content (AvgIpc) is 2.92. The van der Waals surface area contributed by atoms with Crippen LogP contribution in [0.15, 0.2) is 48.5 Å². The number of anilines is 3. The Bertz CT molecular complexity index is 1280. The van der Waals surface area contributed by atoms with Crippen LogP contribution in [0.2, 0.25) is 0 Å². The SMILES string of the molecule is COc1cc(C(=O)Nc2ccc(NC(CO)CO)nc2N(C)C)cc(OC)c1Oc1ccc(OC(F)(F)F)cc1. The highest BCUT2D eigenvalue weighted by Gasteiger charge is 2.31. The molecule has 0 radical (unpaired) electrons. The zero-order chi connectivity index (χ0) is 29.4. The summed E-state index contributed by atoms with van der Waals surface area (Å²) in [5.41, 5.74) is 0.534. The van der Waals surface area contributed by atoms with Gasteiger partial charge < -0.3 is 44.7 Å². The van der Waals surface area contributed by atoms with Crippen molar-refractivity contribution in [3.8, 4) is 28.7 Å². The lowest BCUT2D eigenvalue weighted by atomic mass is 10.1. The summed E-state index contributed by atoms with van der Waals surface area (Å²) >= 11 is 0. The van der Waals surface area contributed by atoms with Gasteiger partial charge in [0.2, 0.25) is 5.75 Å². The maximum Gasteiger partial charge on any atom is 0.573 e. The first-order chi connectivity index (χ1) is 19.0. The molecule has 0 spiro atoms. The Hall–Kier alpha value is -4.43. The Balaban J connectivity index is 1.85. The molecule has 0 unspecified atom stereocenters. The van der Waals surface area contributed by atoms with Gasteiger partial charge in [0.05, 0.1) is 39.2 Å². The molecule has 0 aliphatic carbocycles. The highest BCUT2D eigenvalue weighted by molar-refractivity contribution is 6.06. The molecule has 11 nitrogen and oxygen atoms in total. The zero-order valence-electron chi connectivity index (χ0n) is 22.1. The molecule has 0 aliphatic rings. The van der Waals surface area contributed by atoms with E-state index >= 15 is 0 Å². The Labute approximate surface area is 228 Å². The Morgan fingerprint density at radius 2 is 1.55 bits per heavy atom. The van der Waals surface area contributed by atoms with Crippen LogP contribution in [0.5, 0.6) is 28.7 Å². The first kappa shape index (κ1) is 30.1. The number of aromatic nitrogens is 1. The number of rotatable bonds is 12. The number of nitrogens with one attached hydrogen (secondary N) is 2. The fourth-order valence-corrected chi connectivity index (χ4v) is 3.46. The van der Waals surface area contributed by atoms with E-state index in [9.17, 15) is 28.2 Å². The second-order valence-corrected chi connectivity index (χ2v) is 8.45. The predicted molar refractivity (Wildman–Crippen MR) is 141 cm³/mol. The number of nitrogens with zero attached hydrogens (tertiary/aromatic N) is 2. The number of carbonyl (C=O) groups is 1. The van der Waals surface area contributed by atoms with Crippen LogP contribution in [-0.4, -0.2) is 75.0 Å². The fourth-order valence-electron chi connectivity index (χ4n) is 3.46. The molecule has 3 aromatic rings. The predicted octanol–water partition coefficient (Wildman–Crippen LogP) is 3.87. The molecule has 4 N–H and O–H groups in total. The summed E-state index contributed by atoms with van der Waals surface area (Å²) in [7, 11) is 6.18. The summed E-state index contributed by atoms with van der Waals surface area (Å²) in [5.74, 6) is 0.383. The minimum absolute atomic E-state index is 0.0967. The van der Waals surface area contributed by atoms with Crippen molar-refractivity contribution in [1.29, 1.82) is 0 Å². The number of alkyl halides is 3. The maximum absolute atomic E-state index is 13.2. The smallest absolute Gasteiger partial charge is 0.493 e. The number of methoxy groups -OCH3 is 2. The van der Waals surface area contributed by atoms with Crippen LogP contribution in [-0.2, 0) is 0 Å². The van der Waals surface area contributed by atoms with Gasteiger partial charge in [-0.1, -0.05) is 0 Å². The summed E-state index contributed by atoms with van der Waals surface area (Å²) in [6.07, 6.45) is -4.82. The van der Waals surface area contributed by atoms with E-state index in [0.717, 1.165) is 12.1 Å². The van der Waals surface area contributed by atoms with E-state index in [1.54, 1.807) is 31.1 Å². The second-order valence-electron chi connectivity index (χ2n) is 8.45. The van der Waals surface area contributed by atoms with Gasteiger partial charge in [-0.15, -0.1) is 13.2 Å². The van der Waals surface area contributed by atoms with Gasteiger partial charge in [-0.3, -0.25) is 4.79 Å². The van der Waals surface area contributed by atoms with Crippen LogP contribution in [0.3, 0.4) is 0 Å². The summed E-state index contributed by atoms with van der Waals surface area (Å²) in [4.78, 5) is 19.3. The number of benzene rings is 2. The molecule has 0 saturated carbocycles. The van der Waals surface area contributed by atoms with Crippen molar-refractivity contribution in [3.05, 3.63) is 54.1 Å². The van der Waals surface area contributed by atoms with Crippen LogP contribution in [0.25, 0.3) is 0 Å². The number of aliphatic hydroxyl groups is 2. The number of ether oxygens (including phenoxy) is 4. The molecule has 1 aromatic heterocycles. The molecule has 0 fully saturated rings. The fraction of sp³-hybridized carbons (Fsp3) is 0.308. The Morgan fingerprint density at radius 1 is 0.975 bits per heavy atom. The molecule has 216 valence electrons. The molecule has 0 bridgehead atoms. The molecular formula is C26H29F3N4O7. The van der Waals surface area contributed by atoms with Crippen LogP contribution in [0.4, 0.5) is 30.5 Å². The molecule has 3 rings (SSSR count). The summed E-state index contributed by atoms with van der Waals surface area (Å²) < 4.78 is 57.8. The normalized spacial score (nSPS) is 11.2. The van der Waals surface area contributed by atoms with E-state index in [1.165, 1.54) is 38.5 Å². The molecule has 40 heavy (non-hydrogen) atoms. The Kier molecular flexibility index (Phi) is 9.85. The van der Waals surface area contributed by atoms with Gasteiger partial charge in [0, 0.05) is 19.7 Å². The number of halogens is 3. The van der Waals surface area contributed by atoms with Crippen LogP contribution < -0.4 is 34.5 Å². The lowest BCUT2D eigenvalue weighted by Gasteiger charge is -2.20. The molecule has 1 heterocycles. The quantitative estimate of drug-likeness (QED) is 0.256. The van der Waals surface area contributed by atoms with E-state index in [4.69, 9.17) is 14.2 Å². The minimum atomic E-state index is -4.82. The van der Waals surface area contributed by atoms with Crippen molar-refractivity contribution in [2.75, 3.05) is 57.1 Å². The summed E-state index contributed by atoms with van der Waals surface area (Å²) in [6.45, 7) is -0.593. The number of pyridine rings is 1. The molecular weight excluding hydrogens is 537 g/mol. The number of aliphatic hydroxyl groups excluding tert-OH is 2. The number of hydrogen-bond donors (Lipinski definition) is 4. The molecule has 2 aromatic carbocycles. The number of amides is 1. The standard InChI is InChI=1S/C26H29F3N4O7/c1-33(2)24-19(9-10-22(32-24)30-16(13-34)14-35)31-25(36)15-11-20(37-3)23(21(12-15)38-4)39-17-5-7-18(8-6-17)40-26(27,28)29/h5-12,16,34-35H,13-14H2,1-4H3,(H,30,32)(H,31,36). The zero-order valence-corrected chi connectivity index (χ0v) is 22.1. The maximum atomic E-state index is 13.2. The second kappa shape index (κ2) is 13.1. The third-order valence-electron chi connectivity index (χ3n) is 5.34. The molecule has 0 saturated heterocycles. The van der Waals surface area contributed by atoms with Gasteiger partial charge in [0.1, 0.15) is 17.3 Å². The first-order valence-corrected chi connectivity index (χ1v) is 11.8. The molecule has 14 heteroatoms. The van der Waals surface area contributed by atoms with Gasteiger partial charge in [-0.25, -0.2) is 4.98 Å². The topological polar surface area (TPSA) is 135 Å². The highest BCUT2D eigenvalue weighted by atomic mass is 19.4. The van der Waals surface area contributed by atoms with Crippen molar-refractivity contribution >= 4 is 23.2 Å². The van der Waals surface area contributed by atoms with Crippen molar-refractivity contribution in [3.63, 3.8) is 0 Å². The van der Waals surface area contributed by atoms with Gasteiger partial charge in [-0.2, -0.15) is 0 Å².